The summed E-state index contributed by atoms with van der Waals surface area (Å²) in [5.41, 5.74) is 1.67. The normalized spacial score (nSPS) is 9.70. The molecule has 1 heterocycles. The topological polar surface area (TPSA) is 48.6 Å². The molecule has 0 atom stereocenters. The van der Waals surface area contributed by atoms with E-state index in [2.05, 4.69) is 0 Å². The number of aryl methyl sites for hydroxylation is 2. The van der Waals surface area contributed by atoms with E-state index in [1.165, 1.54) is 7.11 Å². The third-order valence-corrected chi connectivity index (χ3v) is 3.39. The molecule has 0 aliphatic heterocycles. The summed E-state index contributed by atoms with van der Waals surface area (Å²) in [7, 11) is 4.62. The van der Waals surface area contributed by atoms with E-state index in [1.54, 1.807) is 26.5 Å². The predicted molar refractivity (Wildman–Crippen MR) is 81.2 cm³/mol. The number of methoxy groups -OCH3 is 3. The van der Waals surface area contributed by atoms with E-state index in [1.807, 2.05) is 35.0 Å². The maximum absolute atomic E-state index is 11.5. The van der Waals surface area contributed by atoms with Crippen LogP contribution in [-0.2, 0) is 17.7 Å². The van der Waals surface area contributed by atoms with Crippen molar-refractivity contribution < 1.29 is 40.6 Å². The summed E-state index contributed by atoms with van der Waals surface area (Å²) in [5, 5.41) is 0. The van der Waals surface area contributed by atoms with Crippen LogP contribution < -0.4 is 31.0 Å². The van der Waals surface area contributed by atoms with Crippen molar-refractivity contribution >= 4 is 5.97 Å². The first-order valence-corrected chi connectivity index (χ1v) is 6.96. The molecule has 124 valence electrons. The zero-order valence-electron chi connectivity index (χ0n) is 13.4. The van der Waals surface area contributed by atoms with E-state index >= 15 is 0 Å². The van der Waals surface area contributed by atoms with Crippen LogP contribution in [0.3, 0.4) is 0 Å². The van der Waals surface area contributed by atoms with Crippen molar-refractivity contribution in [3.05, 3.63) is 53.9 Å². The Hall–Kier alpha value is -2.08. The molecule has 2 rings (SSSR count). The summed E-state index contributed by atoms with van der Waals surface area (Å²) >= 11 is 0. The molecule has 0 radical (unpaired) electrons. The molecule has 6 heteroatoms. The van der Waals surface area contributed by atoms with Crippen LogP contribution in [0.25, 0.3) is 0 Å². The molecule has 0 saturated heterocycles. The summed E-state index contributed by atoms with van der Waals surface area (Å²) in [6.07, 6.45) is 4.52. The number of esters is 1. The van der Waals surface area contributed by atoms with Gasteiger partial charge in [0.1, 0.15) is 5.56 Å². The number of pyridine rings is 1. The van der Waals surface area contributed by atoms with Gasteiger partial charge in [0, 0.05) is 12.5 Å². The molecule has 23 heavy (non-hydrogen) atoms. The van der Waals surface area contributed by atoms with Gasteiger partial charge in [-0.25, -0.2) is 9.36 Å². The molecule has 0 amide bonds. The van der Waals surface area contributed by atoms with E-state index in [0.29, 0.717) is 17.1 Å². The van der Waals surface area contributed by atoms with Crippen molar-refractivity contribution in [1.29, 1.82) is 0 Å². The molecule has 0 bridgehead atoms. The van der Waals surface area contributed by atoms with Gasteiger partial charge in [0.2, 0.25) is 0 Å². The second kappa shape index (κ2) is 9.15. The zero-order chi connectivity index (χ0) is 15.9. The Morgan fingerprint density at radius 1 is 1.09 bits per heavy atom. The predicted octanol–water partition coefficient (Wildman–Crippen LogP) is -0.975. The first kappa shape index (κ1) is 19.0. The first-order chi connectivity index (χ1) is 10.7. The average Bonchev–Trinajstić information content (AvgIpc) is 2.59. The Labute approximate surface area is 146 Å². The van der Waals surface area contributed by atoms with Crippen LogP contribution in [-0.4, -0.2) is 27.3 Å². The molecule has 0 N–H and O–H groups in total. The van der Waals surface area contributed by atoms with Gasteiger partial charge in [-0.2, -0.15) is 0 Å². The van der Waals surface area contributed by atoms with E-state index < -0.39 is 0 Å². The van der Waals surface area contributed by atoms with Gasteiger partial charge < -0.3 is 31.2 Å². The van der Waals surface area contributed by atoms with Crippen molar-refractivity contribution in [2.45, 2.75) is 13.0 Å². The molecule has 0 spiro atoms. The van der Waals surface area contributed by atoms with Gasteiger partial charge in [0.25, 0.3) is 0 Å². The number of aromatic nitrogens is 1. The standard InChI is InChI=1S/C17H20NO4.BrH/c1-20-15-7-6-13(11-16(15)21-2)8-10-18-9-4-5-14(12-18)17(19)22-3;/h4-7,9,11-12H,8,10H2,1-3H3;1H/q+1;/p-1. The lowest BCUT2D eigenvalue weighted by Crippen LogP contribution is -3.00. The molecule has 5 nitrogen and oxygen atoms in total. The fraction of sp³-hybridized carbons (Fsp3) is 0.294. The van der Waals surface area contributed by atoms with Gasteiger partial charge in [-0.15, -0.1) is 0 Å². The molecule has 0 aliphatic carbocycles. The van der Waals surface area contributed by atoms with E-state index in [9.17, 15) is 4.79 Å². The highest BCUT2D eigenvalue weighted by Crippen LogP contribution is 2.27. The number of hydrogen-bond acceptors (Lipinski definition) is 4. The molecule has 0 saturated carbocycles. The highest BCUT2D eigenvalue weighted by Gasteiger charge is 2.11. The molecule has 0 unspecified atom stereocenters. The van der Waals surface area contributed by atoms with Gasteiger partial charge in [0.05, 0.1) is 21.3 Å². The SMILES string of the molecule is COC(=O)c1ccc[n+](CCc2ccc(OC)c(OC)c2)c1.[Br-]. The number of benzene rings is 1. The minimum absolute atomic E-state index is 0. The molecular weight excluding hydrogens is 362 g/mol. The molecule has 0 aliphatic rings. The van der Waals surface area contributed by atoms with Crippen LogP contribution in [0.5, 0.6) is 11.5 Å². The molecule has 1 aromatic carbocycles. The number of halogens is 1. The van der Waals surface area contributed by atoms with Gasteiger partial charge >= 0.3 is 5.97 Å². The highest BCUT2D eigenvalue weighted by molar-refractivity contribution is 5.88. The lowest BCUT2D eigenvalue weighted by molar-refractivity contribution is -0.696. The molecule has 2 aromatic rings. The highest BCUT2D eigenvalue weighted by atomic mass is 79.9. The monoisotopic (exact) mass is 381 g/mol. The summed E-state index contributed by atoms with van der Waals surface area (Å²) in [6, 6.07) is 9.43. The van der Waals surface area contributed by atoms with Crippen LogP contribution in [0.4, 0.5) is 0 Å². The molecular formula is C17H20BrNO4. The van der Waals surface area contributed by atoms with Crippen molar-refractivity contribution in [3.63, 3.8) is 0 Å². The smallest absolute Gasteiger partial charge is 0.343 e. The maximum atomic E-state index is 11.5. The average molecular weight is 382 g/mol. The Balaban J connectivity index is 0.00000264. The Morgan fingerprint density at radius 2 is 1.83 bits per heavy atom. The minimum Gasteiger partial charge on any atom is -1.00 e. The summed E-state index contributed by atoms with van der Waals surface area (Å²) in [6.45, 7) is 0.750. The van der Waals surface area contributed by atoms with Gasteiger partial charge in [-0.05, 0) is 23.8 Å². The number of carbonyl (C=O) groups is 1. The second-order valence-corrected chi connectivity index (χ2v) is 4.76. The fourth-order valence-electron chi connectivity index (χ4n) is 2.19. The quantitative estimate of drug-likeness (QED) is 0.477. The van der Waals surface area contributed by atoms with Crippen LogP contribution >= 0.6 is 0 Å². The van der Waals surface area contributed by atoms with Crippen molar-refractivity contribution in [1.82, 2.24) is 0 Å². The van der Waals surface area contributed by atoms with Gasteiger partial charge in [-0.3, -0.25) is 0 Å². The number of rotatable bonds is 6. The third kappa shape index (κ3) is 4.96. The summed E-state index contributed by atoms with van der Waals surface area (Å²) in [4.78, 5) is 11.5. The van der Waals surface area contributed by atoms with Crippen molar-refractivity contribution in [2.75, 3.05) is 21.3 Å². The number of carbonyl (C=O) groups excluding carboxylic acids is 1. The van der Waals surface area contributed by atoms with E-state index in [0.717, 1.165) is 18.5 Å². The van der Waals surface area contributed by atoms with Gasteiger partial charge in [-0.1, -0.05) is 6.07 Å². The largest absolute Gasteiger partial charge is 1.00 e. The second-order valence-electron chi connectivity index (χ2n) is 4.76. The minimum atomic E-state index is -0.333. The van der Waals surface area contributed by atoms with Crippen LogP contribution in [0, 0.1) is 0 Å². The van der Waals surface area contributed by atoms with E-state index in [4.69, 9.17) is 14.2 Å². The summed E-state index contributed by atoms with van der Waals surface area (Å²) < 4.78 is 17.2. The number of nitrogens with zero attached hydrogens (tertiary/aromatic N) is 1. The maximum Gasteiger partial charge on any atom is 0.343 e. The Kier molecular flexibility index (Phi) is 7.54. The van der Waals surface area contributed by atoms with Crippen LogP contribution in [0.15, 0.2) is 42.7 Å². The van der Waals surface area contributed by atoms with Crippen LogP contribution in [0.2, 0.25) is 0 Å². The molecule has 1 aromatic heterocycles. The lowest BCUT2D eigenvalue weighted by Gasteiger charge is -2.08. The van der Waals surface area contributed by atoms with Gasteiger partial charge in [0.15, 0.2) is 30.4 Å². The zero-order valence-corrected chi connectivity index (χ0v) is 15.0. The van der Waals surface area contributed by atoms with E-state index in [-0.39, 0.29) is 23.0 Å². The Morgan fingerprint density at radius 3 is 2.48 bits per heavy atom. The van der Waals surface area contributed by atoms with Crippen molar-refractivity contribution in [3.8, 4) is 11.5 Å². The Bertz CT molecular complexity index is 661. The third-order valence-electron chi connectivity index (χ3n) is 3.39. The summed E-state index contributed by atoms with van der Waals surface area (Å²) in [5.74, 6) is 1.10. The number of hydrogen-bond donors (Lipinski definition) is 0. The number of ether oxygens (including phenoxy) is 3. The lowest BCUT2D eigenvalue weighted by atomic mass is 10.1. The first-order valence-electron chi connectivity index (χ1n) is 6.96. The fourth-order valence-corrected chi connectivity index (χ4v) is 2.19. The van der Waals surface area contributed by atoms with Crippen LogP contribution in [0.1, 0.15) is 15.9 Å². The van der Waals surface area contributed by atoms with Crippen molar-refractivity contribution in [2.24, 2.45) is 0 Å². The molecule has 0 fully saturated rings.